The number of hydrogen-bond acceptors (Lipinski definition) is 3. The Labute approximate surface area is 99.3 Å². The first kappa shape index (κ1) is 12.7. The number of halogens is 2. The Morgan fingerprint density at radius 2 is 2.18 bits per heavy atom. The van der Waals surface area contributed by atoms with Crippen LogP contribution in [0.3, 0.4) is 0 Å². The first-order valence-corrected chi connectivity index (χ1v) is 6.07. The lowest BCUT2D eigenvalue weighted by Crippen LogP contribution is -2.40. The number of hydrogen-bond donors (Lipinski definition) is 1. The number of nitrogens with one attached hydrogen (secondary N) is 1. The molecule has 1 heterocycles. The summed E-state index contributed by atoms with van der Waals surface area (Å²) in [6, 6.07) is 0.441. The van der Waals surface area contributed by atoms with Crippen molar-refractivity contribution in [3.05, 3.63) is 0 Å². The summed E-state index contributed by atoms with van der Waals surface area (Å²) in [4.78, 5) is 13.5. The number of carbonyl (C=O) groups excluding carboxylic acids is 1. The average Bonchev–Trinajstić information content (AvgIpc) is 3.02. The molecular formula is C11H18F2N2O2. The van der Waals surface area contributed by atoms with Gasteiger partial charge >= 0.3 is 0 Å². The molecule has 1 atom stereocenters. The summed E-state index contributed by atoms with van der Waals surface area (Å²) >= 11 is 0. The molecule has 1 saturated carbocycles. The van der Waals surface area contributed by atoms with Gasteiger partial charge in [-0.15, -0.1) is 0 Å². The maximum absolute atomic E-state index is 11.9. The molecular weight excluding hydrogens is 230 g/mol. The van der Waals surface area contributed by atoms with Crippen molar-refractivity contribution in [2.24, 2.45) is 0 Å². The molecule has 0 aromatic carbocycles. The lowest BCUT2D eigenvalue weighted by molar-refractivity contribution is -0.130. The van der Waals surface area contributed by atoms with Crippen LogP contribution in [0.1, 0.15) is 19.3 Å². The van der Waals surface area contributed by atoms with Crippen molar-refractivity contribution in [1.82, 2.24) is 10.2 Å². The number of ether oxygens (including phenoxy) is 1. The predicted molar refractivity (Wildman–Crippen MR) is 58.0 cm³/mol. The van der Waals surface area contributed by atoms with Gasteiger partial charge in [-0.25, -0.2) is 8.78 Å². The van der Waals surface area contributed by atoms with E-state index in [1.54, 1.807) is 4.90 Å². The third-order valence-corrected chi connectivity index (χ3v) is 3.06. The highest BCUT2D eigenvalue weighted by molar-refractivity contribution is 5.84. The molecule has 0 bridgehead atoms. The summed E-state index contributed by atoms with van der Waals surface area (Å²) in [6.45, 7) is 0.744. The number of likely N-dealkylation sites (tertiary alicyclic amines) is 1. The van der Waals surface area contributed by atoms with E-state index in [1.807, 2.05) is 0 Å². The molecule has 2 aliphatic rings. The largest absolute Gasteiger partial charge is 0.374 e. The Morgan fingerprint density at radius 1 is 1.41 bits per heavy atom. The van der Waals surface area contributed by atoms with Crippen molar-refractivity contribution in [2.45, 2.75) is 37.8 Å². The van der Waals surface area contributed by atoms with Crippen molar-refractivity contribution in [3.8, 4) is 0 Å². The van der Waals surface area contributed by atoms with Crippen molar-refractivity contribution in [2.75, 3.05) is 26.3 Å². The predicted octanol–water partition coefficient (Wildman–Crippen LogP) is 0.621. The second-order valence-electron chi connectivity index (χ2n) is 4.57. The second kappa shape index (κ2) is 5.73. The fraction of sp³-hybridized carbons (Fsp3) is 0.909. The van der Waals surface area contributed by atoms with E-state index in [0.29, 0.717) is 19.1 Å². The molecule has 17 heavy (non-hydrogen) atoms. The second-order valence-corrected chi connectivity index (χ2v) is 4.57. The standard InChI is InChI=1S/C11H18F2N2O2/c12-10(13)7-17-6-5-15-4-3-9(11(15)16)14-8-1-2-8/h8-10,14H,1-7H2. The van der Waals surface area contributed by atoms with E-state index < -0.39 is 13.0 Å². The van der Waals surface area contributed by atoms with Crippen LogP contribution in [0.15, 0.2) is 0 Å². The summed E-state index contributed by atoms with van der Waals surface area (Å²) in [7, 11) is 0. The van der Waals surface area contributed by atoms with Crippen LogP contribution in [-0.4, -0.2) is 55.6 Å². The van der Waals surface area contributed by atoms with E-state index in [4.69, 9.17) is 4.74 Å². The summed E-state index contributed by atoms with van der Waals surface area (Å²) in [6.07, 6.45) is 0.681. The van der Waals surface area contributed by atoms with E-state index >= 15 is 0 Å². The molecule has 0 spiro atoms. The van der Waals surface area contributed by atoms with Crippen LogP contribution < -0.4 is 5.32 Å². The van der Waals surface area contributed by atoms with Gasteiger partial charge in [0.2, 0.25) is 5.91 Å². The number of alkyl halides is 2. The molecule has 1 unspecified atom stereocenters. The van der Waals surface area contributed by atoms with Gasteiger partial charge in [0, 0.05) is 19.1 Å². The van der Waals surface area contributed by atoms with Gasteiger partial charge in [-0.3, -0.25) is 4.79 Å². The zero-order valence-electron chi connectivity index (χ0n) is 9.70. The molecule has 0 aromatic rings. The van der Waals surface area contributed by atoms with E-state index in [0.717, 1.165) is 19.3 Å². The first-order chi connectivity index (χ1) is 8.16. The molecule has 1 aliphatic carbocycles. The minimum Gasteiger partial charge on any atom is -0.374 e. The topological polar surface area (TPSA) is 41.6 Å². The van der Waals surface area contributed by atoms with Crippen LogP contribution in [0.25, 0.3) is 0 Å². The lowest BCUT2D eigenvalue weighted by atomic mass is 10.2. The minimum atomic E-state index is -2.44. The molecule has 6 heteroatoms. The average molecular weight is 248 g/mol. The maximum atomic E-state index is 11.9. The molecule has 1 N–H and O–H groups in total. The molecule has 2 fully saturated rings. The van der Waals surface area contributed by atoms with Crippen LogP contribution in [0.5, 0.6) is 0 Å². The highest BCUT2D eigenvalue weighted by atomic mass is 19.3. The number of amides is 1. The van der Waals surface area contributed by atoms with Crippen molar-refractivity contribution in [3.63, 3.8) is 0 Å². The zero-order chi connectivity index (χ0) is 12.3. The Hall–Kier alpha value is -0.750. The van der Waals surface area contributed by atoms with Crippen LogP contribution in [0.2, 0.25) is 0 Å². The smallest absolute Gasteiger partial charge is 0.261 e. The van der Waals surface area contributed by atoms with Gasteiger partial charge in [-0.2, -0.15) is 0 Å². The third kappa shape index (κ3) is 3.89. The highest BCUT2D eigenvalue weighted by Gasteiger charge is 2.35. The van der Waals surface area contributed by atoms with Crippen molar-refractivity contribution >= 4 is 5.91 Å². The molecule has 2 rings (SSSR count). The van der Waals surface area contributed by atoms with Crippen LogP contribution in [-0.2, 0) is 9.53 Å². The summed E-state index contributed by atoms with van der Waals surface area (Å²) in [5.41, 5.74) is 0. The molecule has 1 saturated heterocycles. The van der Waals surface area contributed by atoms with Crippen molar-refractivity contribution < 1.29 is 18.3 Å². The monoisotopic (exact) mass is 248 g/mol. The number of nitrogens with zero attached hydrogens (tertiary/aromatic N) is 1. The van der Waals surface area contributed by atoms with E-state index in [-0.39, 0.29) is 18.6 Å². The van der Waals surface area contributed by atoms with Crippen LogP contribution >= 0.6 is 0 Å². The number of carbonyl (C=O) groups is 1. The van der Waals surface area contributed by atoms with Gasteiger partial charge in [-0.05, 0) is 19.3 Å². The van der Waals surface area contributed by atoms with Gasteiger partial charge in [0.1, 0.15) is 6.61 Å². The summed E-state index contributed by atoms with van der Waals surface area (Å²) in [5.74, 6) is 0.0811. The fourth-order valence-electron chi connectivity index (χ4n) is 2.00. The Bertz CT molecular complexity index is 272. The van der Waals surface area contributed by atoms with Gasteiger partial charge in [0.15, 0.2) is 0 Å². The molecule has 1 amide bonds. The van der Waals surface area contributed by atoms with E-state index in [9.17, 15) is 13.6 Å². The highest BCUT2D eigenvalue weighted by Crippen LogP contribution is 2.22. The summed E-state index contributed by atoms with van der Waals surface area (Å²) in [5, 5.41) is 3.29. The number of rotatable bonds is 7. The molecule has 0 aromatic heterocycles. The van der Waals surface area contributed by atoms with Gasteiger partial charge < -0.3 is 15.0 Å². The van der Waals surface area contributed by atoms with Gasteiger partial charge in [0.25, 0.3) is 6.43 Å². The van der Waals surface area contributed by atoms with E-state index in [1.165, 1.54) is 0 Å². The lowest BCUT2D eigenvalue weighted by Gasteiger charge is -2.17. The molecule has 0 radical (unpaired) electrons. The first-order valence-electron chi connectivity index (χ1n) is 6.07. The van der Waals surface area contributed by atoms with Gasteiger partial charge in [-0.1, -0.05) is 0 Å². The zero-order valence-corrected chi connectivity index (χ0v) is 9.70. The van der Waals surface area contributed by atoms with Crippen molar-refractivity contribution in [1.29, 1.82) is 0 Å². The van der Waals surface area contributed by atoms with Gasteiger partial charge in [0.05, 0.1) is 12.6 Å². The quantitative estimate of drug-likeness (QED) is 0.672. The Morgan fingerprint density at radius 3 is 2.82 bits per heavy atom. The SMILES string of the molecule is O=C1C(NC2CC2)CCN1CCOCC(F)F. The molecule has 4 nitrogen and oxygen atoms in total. The maximum Gasteiger partial charge on any atom is 0.261 e. The Kier molecular flexibility index (Phi) is 4.28. The molecule has 1 aliphatic heterocycles. The van der Waals surface area contributed by atoms with E-state index in [2.05, 4.69) is 5.32 Å². The van der Waals surface area contributed by atoms with Crippen LogP contribution in [0.4, 0.5) is 8.78 Å². The summed E-state index contributed by atoms with van der Waals surface area (Å²) < 4.78 is 28.4. The normalized spacial score (nSPS) is 25.0. The molecule has 98 valence electrons. The minimum absolute atomic E-state index is 0.0717. The Balaban J connectivity index is 1.62. The third-order valence-electron chi connectivity index (χ3n) is 3.06. The fourth-order valence-corrected chi connectivity index (χ4v) is 2.00. The van der Waals surface area contributed by atoms with Crippen LogP contribution in [0, 0.1) is 0 Å².